The molecule has 0 heterocycles. The molecule has 6 aromatic rings. The number of benzene rings is 6. The van der Waals surface area contributed by atoms with Crippen LogP contribution in [0.15, 0.2) is 176 Å². The number of halogens is 1. The number of hydrogen-bond donors (Lipinski definition) is 1. The van der Waals surface area contributed by atoms with Gasteiger partial charge in [-0.05, 0) is 0 Å². The molecule has 0 saturated heterocycles. The number of carbonyl (C=O) groups excluding carboxylic acids is 1. The predicted octanol–water partition coefficient (Wildman–Crippen LogP) is 8.37. The van der Waals surface area contributed by atoms with Gasteiger partial charge in [0.2, 0.25) is 0 Å². The molecule has 0 aromatic heterocycles. The molecule has 0 spiro atoms. The summed E-state index contributed by atoms with van der Waals surface area (Å²) >= 11 is 2.83. The molecule has 0 aliphatic rings. The fourth-order valence-electron chi connectivity index (χ4n) is 6.00. The van der Waals surface area contributed by atoms with Gasteiger partial charge in [-0.15, -0.1) is 0 Å². The van der Waals surface area contributed by atoms with Gasteiger partial charge in [0.15, 0.2) is 0 Å². The summed E-state index contributed by atoms with van der Waals surface area (Å²) in [6.45, 7) is 0. The summed E-state index contributed by atoms with van der Waals surface area (Å²) in [5, 5.41) is 4.23. The van der Waals surface area contributed by atoms with E-state index in [2.05, 4.69) is 78.1 Å². The molecule has 0 fully saturated rings. The Morgan fingerprint density at radius 3 is 1.35 bits per heavy atom. The summed E-state index contributed by atoms with van der Waals surface area (Å²) in [5.74, 6) is -0.677. The Bertz CT molecular complexity index is 1810. The molecule has 0 aliphatic heterocycles. The van der Waals surface area contributed by atoms with E-state index in [0.29, 0.717) is 27.3 Å². The zero-order valence-corrected chi connectivity index (χ0v) is 29.9. The summed E-state index contributed by atoms with van der Waals surface area (Å²) in [6, 6.07) is 56.1. The van der Waals surface area contributed by atoms with Gasteiger partial charge in [0, 0.05) is 0 Å². The first-order valence-electron chi connectivity index (χ1n) is 15.8. The molecule has 5 nitrogen and oxygen atoms in total. The van der Waals surface area contributed by atoms with E-state index in [0.717, 1.165) is 0 Å². The Morgan fingerprint density at radius 1 is 0.583 bits per heavy atom. The van der Waals surface area contributed by atoms with Crippen LogP contribution in [0.1, 0.15) is 17.8 Å². The van der Waals surface area contributed by atoms with Gasteiger partial charge in [-0.1, -0.05) is 0 Å². The zero-order valence-electron chi connectivity index (χ0n) is 26.2. The molecule has 0 bridgehead atoms. The van der Waals surface area contributed by atoms with Crippen LogP contribution in [-0.2, 0) is 9.36 Å². The van der Waals surface area contributed by atoms with Gasteiger partial charge in [0.05, 0.1) is 0 Å². The van der Waals surface area contributed by atoms with Crippen LogP contribution in [0.2, 0.25) is 10.3 Å². The second kappa shape index (κ2) is 15.6. The first-order valence-corrected chi connectivity index (χ1v) is 22.4. The van der Waals surface area contributed by atoms with E-state index < -0.39 is 26.6 Å². The van der Waals surface area contributed by atoms with Crippen molar-refractivity contribution in [1.29, 1.82) is 0 Å². The average Bonchev–Trinajstić information content (AvgIpc) is 3.13. The third-order valence-corrected chi connectivity index (χ3v) is 20.9. The van der Waals surface area contributed by atoms with Crippen molar-refractivity contribution in [3.05, 3.63) is 187 Å². The van der Waals surface area contributed by atoms with E-state index in [4.69, 9.17) is 20.6 Å². The Labute approximate surface area is 289 Å². The Hall–Kier alpha value is -4.55. The molecule has 1 atom stereocenters. The summed E-state index contributed by atoms with van der Waals surface area (Å²) < 4.78 is 31.2. The summed E-state index contributed by atoms with van der Waals surface area (Å²) in [6.07, 6.45) is 0.194. The van der Waals surface area contributed by atoms with Crippen LogP contribution in [0.25, 0.3) is 0 Å². The number of para-hydroxylation sites is 2. The third-order valence-electron chi connectivity index (χ3n) is 8.28. The molecule has 1 N–H and O–H groups in total. The van der Waals surface area contributed by atoms with E-state index in [9.17, 15) is 4.79 Å². The van der Waals surface area contributed by atoms with Gasteiger partial charge < -0.3 is 0 Å². The molecule has 240 valence electrons. The standard InChI is InChI=1S/C40H35ClGeNO4P/c41-33-28-26-32(27-29-33)40(48(45,46-37-22-12-4-13-23-37)47-38-24-14-5-15-25-38)43-39(44)30-31-42(34-16-6-1-7-17-34,35-18-8-2-9-19-35)36-20-10-3-11-21-36/h1-29,40H,30-31H2,(H,43,44). The fourth-order valence-corrected chi connectivity index (χ4v) is 18.0. The van der Waals surface area contributed by atoms with E-state index in [-0.39, 0.29) is 12.3 Å². The molecule has 1 unspecified atom stereocenters. The van der Waals surface area contributed by atoms with Gasteiger partial charge in [-0.3, -0.25) is 0 Å². The molecule has 0 saturated carbocycles. The molecule has 6 aromatic carbocycles. The van der Waals surface area contributed by atoms with Crippen LogP contribution in [0.4, 0.5) is 0 Å². The van der Waals surface area contributed by atoms with Gasteiger partial charge in [-0.2, -0.15) is 0 Å². The van der Waals surface area contributed by atoms with E-state index >= 15 is 4.57 Å². The second-order valence-electron chi connectivity index (χ2n) is 11.4. The molecule has 48 heavy (non-hydrogen) atoms. The quantitative estimate of drug-likeness (QED) is 0.0958. The van der Waals surface area contributed by atoms with E-state index in [1.54, 1.807) is 72.8 Å². The summed E-state index contributed by atoms with van der Waals surface area (Å²) in [5.41, 5.74) is 0.546. The van der Waals surface area contributed by atoms with Gasteiger partial charge >= 0.3 is 291 Å². The second-order valence-corrected chi connectivity index (χ2v) is 22.3. The van der Waals surface area contributed by atoms with Crippen molar-refractivity contribution in [3.63, 3.8) is 0 Å². The summed E-state index contributed by atoms with van der Waals surface area (Å²) in [4.78, 5) is 14.2. The molecule has 0 aliphatic carbocycles. The maximum atomic E-state index is 15.1. The first-order chi connectivity index (χ1) is 23.5. The SMILES string of the molecule is O=C(C[CH2][Ge]([c]1ccccc1)([c]1ccccc1)[c]1ccccc1)NC(c1ccc(Cl)cc1)P(=O)(Oc1ccccc1)Oc1ccccc1. The minimum absolute atomic E-state index is 0.194. The number of carbonyl (C=O) groups is 1. The Morgan fingerprint density at radius 2 is 0.958 bits per heavy atom. The van der Waals surface area contributed by atoms with Crippen molar-refractivity contribution in [3.8, 4) is 11.5 Å². The van der Waals surface area contributed by atoms with Crippen molar-refractivity contribution in [2.75, 3.05) is 0 Å². The third kappa shape index (κ3) is 7.77. The Balaban J connectivity index is 1.38. The van der Waals surface area contributed by atoms with Crippen molar-refractivity contribution in [1.82, 2.24) is 5.32 Å². The van der Waals surface area contributed by atoms with Crippen LogP contribution in [0.5, 0.6) is 11.5 Å². The number of rotatable bonds is 13. The first kappa shape index (κ1) is 33.4. The van der Waals surface area contributed by atoms with Crippen molar-refractivity contribution >= 4 is 51.6 Å². The van der Waals surface area contributed by atoms with Crippen LogP contribution in [0.3, 0.4) is 0 Å². The number of hydrogen-bond acceptors (Lipinski definition) is 4. The van der Waals surface area contributed by atoms with E-state index in [1.165, 1.54) is 13.2 Å². The predicted molar refractivity (Wildman–Crippen MR) is 197 cm³/mol. The molecule has 8 heteroatoms. The minimum atomic E-state index is -4.16. The number of amides is 1. The van der Waals surface area contributed by atoms with Gasteiger partial charge in [0.1, 0.15) is 0 Å². The molecule has 6 rings (SSSR count). The van der Waals surface area contributed by atoms with Crippen molar-refractivity contribution < 1.29 is 18.4 Å². The van der Waals surface area contributed by atoms with Crippen LogP contribution in [0, 0.1) is 0 Å². The molecule has 1 amide bonds. The summed E-state index contributed by atoms with van der Waals surface area (Å²) in [7, 11) is -4.16. The fraction of sp³-hybridized carbons (Fsp3) is 0.0750. The maximum absolute atomic E-state index is 15.1. The van der Waals surface area contributed by atoms with Crippen LogP contribution >= 0.6 is 19.2 Å². The monoisotopic (exact) mass is 733 g/mol. The molecular formula is C40H35ClGeNO4P. The van der Waals surface area contributed by atoms with Crippen LogP contribution < -0.4 is 27.6 Å². The van der Waals surface area contributed by atoms with Crippen molar-refractivity contribution in [2.45, 2.75) is 17.5 Å². The van der Waals surface area contributed by atoms with Crippen LogP contribution in [-0.4, -0.2) is 19.2 Å². The topological polar surface area (TPSA) is 64.6 Å². The average molecular weight is 733 g/mol. The molecular weight excluding hydrogens is 697 g/mol. The molecule has 0 radical (unpaired) electrons. The Kier molecular flexibility index (Phi) is 10.8. The van der Waals surface area contributed by atoms with Gasteiger partial charge in [-0.25, -0.2) is 0 Å². The zero-order chi connectivity index (χ0) is 33.2. The normalized spacial score (nSPS) is 12.1. The van der Waals surface area contributed by atoms with Crippen molar-refractivity contribution in [2.24, 2.45) is 0 Å². The van der Waals surface area contributed by atoms with E-state index in [1.807, 2.05) is 30.3 Å². The van der Waals surface area contributed by atoms with Gasteiger partial charge in [0.25, 0.3) is 0 Å². The number of nitrogens with one attached hydrogen (secondary N) is 1.